The Morgan fingerprint density at radius 2 is 0.744 bits per heavy atom. The lowest BCUT2D eigenvalue weighted by atomic mass is 10.0. The van der Waals surface area contributed by atoms with Crippen LogP contribution in [-0.4, -0.2) is 74.3 Å². The fraction of sp³-hybridized carbons (Fsp3) is 0.789. The van der Waals surface area contributed by atoms with Gasteiger partial charge in [0.05, 0.1) is 33.8 Å². The van der Waals surface area contributed by atoms with Crippen molar-refractivity contribution in [1.82, 2.24) is 5.32 Å². The van der Waals surface area contributed by atoms with E-state index >= 15 is 0 Å². The molecule has 0 fully saturated rings. The molecular weight excluding hydrogens is 1080 g/mol. The number of unbranched alkanes of at least 4 members (excludes halogenated alkanes) is 38. The maximum Gasteiger partial charge on any atom is 0.472 e. The molecule has 0 saturated carbocycles. The number of carbonyl (C=O) groups is 2. The Kier molecular flexibility index (Phi) is 63.0. The van der Waals surface area contributed by atoms with Crippen LogP contribution >= 0.6 is 7.82 Å². The highest BCUT2D eigenvalue weighted by atomic mass is 31.2. The van der Waals surface area contributed by atoms with Gasteiger partial charge in [-0.3, -0.25) is 18.6 Å². The topological polar surface area (TPSA) is 111 Å². The Morgan fingerprint density at radius 1 is 0.419 bits per heavy atom. The van der Waals surface area contributed by atoms with Crippen LogP contribution in [0, 0.1) is 0 Å². The molecule has 1 amide bonds. The number of allylic oxidation sites excluding steroid dienone is 13. The van der Waals surface area contributed by atoms with Gasteiger partial charge < -0.3 is 19.4 Å². The van der Waals surface area contributed by atoms with Gasteiger partial charge in [0.1, 0.15) is 19.3 Å². The molecule has 0 aliphatic carbocycles. The summed E-state index contributed by atoms with van der Waals surface area (Å²) in [6.45, 7) is 6.92. The van der Waals surface area contributed by atoms with Crippen LogP contribution in [-0.2, 0) is 27.9 Å². The summed E-state index contributed by atoms with van der Waals surface area (Å²) in [4.78, 5) is 37.9. The summed E-state index contributed by atoms with van der Waals surface area (Å²) in [5.41, 5.74) is 0. The van der Waals surface area contributed by atoms with E-state index in [9.17, 15) is 19.0 Å². The molecule has 0 spiro atoms. The SMILES string of the molecule is CC/C=C\C/C=C\C/C=C\C/C=C\C/C=C\C/C=C\CCCCCCC(=O)NC(COP(=O)(O)OCC[N+](C)(C)C)C(/C=C/CCCCCCCCCCCC)OC(=O)CCCCCCCCCCCCCCCCCCCCCCCCCCC. The van der Waals surface area contributed by atoms with Crippen molar-refractivity contribution in [3.05, 3.63) is 85.1 Å². The number of nitrogens with zero attached hydrogens (tertiary/aromatic N) is 1. The Balaban J connectivity index is 5.08. The van der Waals surface area contributed by atoms with E-state index in [4.69, 9.17) is 13.8 Å². The standard InChI is InChI=1S/C76H139N2O7P/c1-7-10-13-16-19-22-25-28-30-32-34-36-38-39-41-43-45-47-49-51-54-57-60-63-66-69-76(80)85-74(67-64-61-58-55-52-27-24-21-18-15-12-9-3)73(72-84-86(81,82)83-71-70-78(4,5)6)77-75(79)68-65-62-59-56-53-50-48-46-44-42-40-37-35-33-31-29-26-23-20-17-14-11-8-2/h11,14,20,23,29,31,35,37,42,44,48,50,64,67,73-74H,7-10,12-13,15-19,21-22,24-28,30,32-34,36,38-41,43,45-47,49,51-63,65-66,68-72H2,1-6H3,(H-,77,79,81,82)/p+1/b14-11-,23-20-,31-29-,37-35-,44-42-,50-48-,67-64+. The highest BCUT2D eigenvalue weighted by Gasteiger charge is 2.30. The number of ether oxygens (including phenoxy) is 1. The molecule has 0 aliphatic rings. The molecule has 0 bridgehead atoms. The summed E-state index contributed by atoms with van der Waals surface area (Å²) in [5.74, 6) is -0.524. The first-order valence-corrected chi connectivity index (χ1v) is 37.9. The number of nitrogens with one attached hydrogen (secondary N) is 1. The van der Waals surface area contributed by atoms with Crippen LogP contribution in [0.25, 0.3) is 0 Å². The van der Waals surface area contributed by atoms with Crippen molar-refractivity contribution in [3.8, 4) is 0 Å². The number of phosphoric ester groups is 1. The summed E-state index contributed by atoms with van der Waals surface area (Å²) in [7, 11) is 1.48. The number of quaternary nitrogens is 1. The van der Waals surface area contributed by atoms with Gasteiger partial charge in [0.25, 0.3) is 0 Å². The minimum atomic E-state index is -4.47. The maximum atomic E-state index is 13.6. The summed E-state index contributed by atoms with van der Waals surface area (Å²) >= 11 is 0. The van der Waals surface area contributed by atoms with Gasteiger partial charge in [-0.15, -0.1) is 0 Å². The lowest BCUT2D eigenvalue weighted by Crippen LogP contribution is -2.47. The van der Waals surface area contributed by atoms with Crippen molar-refractivity contribution in [1.29, 1.82) is 0 Å². The average molecular weight is 1220 g/mol. The third kappa shape index (κ3) is 65.6. The first kappa shape index (κ1) is 83.2. The number of hydrogen-bond donors (Lipinski definition) is 2. The summed E-state index contributed by atoms with van der Waals surface area (Å²) < 4.78 is 30.8. The van der Waals surface area contributed by atoms with Gasteiger partial charge in [0.2, 0.25) is 5.91 Å². The van der Waals surface area contributed by atoms with Crippen molar-refractivity contribution < 1.29 is 37.3 Å². The summed E-state index contributed by atoms with van der Waals surface area (Å²) in [6.07, 6.45) is 87.5. The Labute approximate surface area is 533 Å². The number of phosphoric acid groups is 1. The Bertz CT molecular complexity index is 1750. The number of likely N-dealkylation sites (N-methyl/N-ethyl adjacent to an activating group) is 1. The second kappa shape index (κ2) is 65.2. The average Bonchev–Trinajstić information content (AvgIpc) is 3.66. The molecule has 9 nitrogen and oxygen atoms in total. The minimum Gasteiger partial charge on any atom is -0.456 e. The van der Waals surface area contributed by atoms with E-state index in [0.29, 0.717) is 23.9 Å². The molecule has 0 aromatic carbocycles. The van der Waals surface area contributed by atoms with E-state index in [2.05, 4.69) is 99.0 Å². The van der Waals surface area contributed by atoms with Gasteiger partial charge in [-0.2, -0.15) is 0 Å². The van der Waals surface area contributed by atoms with Gasteiger partial charge in [-0.25, -0.2) is 4.57 Å². The highest BCUT2D eigenvalue weighted by molar-refractivity contribution is 7.47. The molecule has 0 rings (SSSR count). The number of amides is 1. The van der Waals surface area contributed by atoms with Crippen LogP contribution in [0.4, 0.5) is 0 Å². The zero-order valence-electron chi connectivity index (χ0n) is 57.3. The van der Waals surface area contributed by atoms with Crippen LogP contribution in [0.3, 0.4) is 0 Å². The molecule has 500 valence electrons. The van der Waals surface area contributed by atoms with Crippen molar-refractivity contribution in [2.45, 2.75) is 348 Å². The molecule has 10 heteroatoms. The fourth-order valence-electron chi connectivity index (χ4n) is 10.5. The molecule has 0 aromatic rings. The van der Waals surface area contributed by atoms with E-state index in [0.717, 1.165) is 103 Å². The molecule has 86 heavy (non-hydrogen) atoms. The quantitative estimate of drug-likeness (QED) is 0.0205. The molecule has 0 radical (unpaired) electrons. The van der Waals surface area contributed by atoms with Crippen LogP contribution in [0.1, 0.15) is 335 Å². The number of esters is 1. The van der Waals surface area contributed by atoms with Gasteiger partial charge in [0, 0.05) is 12.8 Å². The number of hydrogen-bond acceptors (Lipinski definition) is 6. The Hall–Kier alpha value is -2.81. The van der Waals surface area contributed by atoms with E-state index in [1.165, 1.54) is 193 Å². The van der Waals surface area contributed by atoms with Crippen LogP contribution in [0.2, 0.25) is 0 Å². The van der Waals surface area contributed by atoms with Crippen LogP contribution in [0.5, 0.6) is 0 Å². The smallest absolute Gasteiger partial charge is 0.456 e. The second-order valence-corrected chi connectivity index (χ2v) is 27.2. The predicted molar refractivity (Wildman–Crippen MR) is 374 cm³/mol. The second-order valence-electron chi connectivity index (χ2n) is 25.7. The predicted octanol–water partition coefficient (Wildman–Crippen LogP) is 23.3. The molecule has 0 heterocycles. The monoisotopic (exact) mass is 1220 g/mol. The van der Waals surface area contributed by atoms with E-state index in [1.807, 2.05) is 33.3 Å². The molecular formula is C76H140N2O7P+. The Morgan fingerprint density at radius 3 is 1.12 bits per heavy atom. The number of rotatable bonds is 66. The fourth-order valence-corrected chi connectivity index (χ4v) is 11.3. The highest BCUT2D eigenvalue weighted by Crippen LogP contribution is 2.43. The molecule has 3 unspecified atom stereocenters. The van der Waals surface area contributed by atoms with E-state index < -0.39 is 20.0 Å². The lowest BCUT2D eigenvalue weighted by molar-refractivity contribution is -0.870. The van der Waals surface area contributed by atoms with Gasteiger partial charge in [-0.05, 0) is 83.1 Å². The van der Waals surface area contributed by atoms with Gasteiger partial charge in [-0.1, -0.05) is 324 Å². The molecule has 0 aromatic heterocycles. The first-order chi connectivity index (χ1) is 41.9. The minimum absolute atomic E-state index is 0.0329. The third-order valence-electron chi connectivity index (χ3n) is 16.1. The molecule has 2 N–H and O–H groups in total. The first-order valence-electron chi connectivity index (χ1n) is 36.4. The van der Waals surface area contributed by atoms with Gasteiger partial charge >= 0.3 is 13.8 Å². The maximum absolute atomic E-state index is 13.6. The van der Waals surface area contributed by atoms with Crippen LogP contribution < -0.4 is 5.32 Å². The summed E-state index contributed by atoms with van der Waals surface area (Å²) in [5, 5.41) is 3.06. The largest absolute Gasteiger partial charge is 0.472 e. The van der Waals surface area contributed by atoms with Crippen molar-refractivity contribution in [3.63, 3.8) is 0 Å². The van der Waals surface area contributed by atoms with Crippen molar-refractivity contribution >= 4 is 19.7 Å². The van der Waals surface area contributed by atoms with Gasteiger partial charge in [0.15, 0.2) is 0 Å². The zero-order chi connectivity index (χ0) is 62.8. The number of carbonyl (C=O) groups excluding carboxylic acids is 2. The van der Waals surface area contributed by atoms with E-state index in [1.54, 1.807) is 0 Å². The summed E-state index contributed by atoms with van der Waals surface area (Å²) in [6, 6.07) is -0.866. The third-order valence-corrected chi connectivity index (χ3v) is 17.1. The molecule has 0 saturated heterocycles. The molecule has 0 aliphatic heterocycles. The van der Waals surface area contributed by atoms with Crippen molar-refractivity contribution in [2.75, 3.05) is 40.9 Å². The van der Waals surface area contributed by atoms with E-state index in [-0.39, 0.29) is 31.5 Å². The zero-order valence-corrected chi connectivity index (χ0v) is 58.2. The lowest BCUT2D eigenvalue weighted by Gasteiger charge is -2.27. The normalized spacial score (nSPS) is 14.0. The van der Waals surface area contributed by atoms with Crippen LogP contribution in [0.15, 0.2) is 85.1 Å². The van der Waals surface area contributed by atoms with Crippen molar-refractivity contribution in [2.24, 2.45) is 0 Å². The molecule has 3 atom stereocenters.